The molecule has 0 spiro atoms. The molecule has 0 unspecified atom stereocenters. The SMILES string of the molecule is COc1cc(C(F)(F)F)cc(C(F)(F)F)c1[C@@H](N)CCO.Cl. The van der Waals surface area contributed by atoms with Crippen molar-refractivity contribution in [2.75, 3.05) is 13.7 Å². The van der Waals surface area contributed by atoms with Crippen LogP contribution in [0.25, 0.3) is 0 Å². The summed E-state index contributed by atoms with van der Waals surface area (Å²) in [6.45, 7) is -0.511. The van der Waals surface area contributed by atoms with Crippen LogP contribution in [0.2, 0.25) is 0 Å². The van der Waals surface area contributed by atoms with E-state index in [-0.39, 0.29) is 24.9 Å². The first-order valence-electron chi connectivity index (χ1n) is 5.75. The van der Waals surface area contributed by atoms with Crippen molar-refractivity contribution in [3.05, 3.63) is 28.8 Å². The first kappa shape index (κ1) is 20.8. The van der Waals surface area contributed by atoms with Crippen LogP contribution < -0.4 is 10.5 Å². The monoisotopic (exact) mass is 353 g/mol. The molecule has 0 amide bonds. The second kappa shape index (κ2) is 7.38. The van der Waals surface area contributed by atoms with Crippen molar-refractivity contribution in [3.8, 4) is 5.75 Å². The van der Waals surface area contributed by atoms with Crippen LogP contribution in [0.5, 0.6) is 5.75 Å². The molecule has 0 radical (unpaired) electrons. The lowest BCUT2D eigenvalue weighted by Gasteiger charge is -2.22. The van der Waals surface area contributed by atoms with Gasteiger partial charge < -0.3 is 15.6 Å². The number of aliphatic hydroxyl groups excluding tert-OH is 1. The minimum absolute atomic E-state index is 0. The number of hydrogen-bond donors (Lipinski definition) is 2. The molecule has 0 saturated carbocycles. The molecule has 1 atom stereocenters. The predicted molar refractivity (Wildman–Crippen MR) is 68.9 cm³/mol. The molecular weight excluding hydrogens is 340 g/mol. The maximum absolute atomic E-state index is 13.0. The van der Waals surface area contributed by atoms with E-state index in [9.17, 15) is 26.3 Å². The van der Waals surface area contributed by atoms with Crippen molar-refractivity contribution in [3.63, 3.8) is 0 Å². The molecule has 0 heterocycles. The van der Waals surface area contributed by atoms with E-state index in [4.69, 9.17) is 10.8 Å². The Kier molecular flexibility index (Phi) is 6.98. The van der Waals surface area contributed by atoms with Gasteiger partial charge in [0.05, 0.1) is 18.2 Å². The molecule has 0 aliphatic carbocycles. The van der Waals surface area contributed by atoms with Crippen LogP contribution in [-0.2, 0) is 12.4 Å². The number of halogens is 7. The highest BCUT2D eigenvalue weighted by Gasteiger charge is 2.40. The van der Waals surface area contributed by atoms with Crippen LogP contribution in [0, 0.1) is 0 Å². The summed E-state index contributed by atoms with van der Waals surface area (Å²) in [5.41, 5.74) is 1.91. The third-order valence-corrected chi connectivity index (χ3v) is 2.81. The zero-order chi connectivity index (χ0) is 16.4. The number of nitrogens with two attached hydrogens (primary N) is 1. The summed E-state index contributed by atoms with van der Waals surface area (Å²) in [5, 5.41) is 8.76. The molecule has 1 aromatic rings. The molecule has 22 heavy (non-hydrogen) atoms. The topological polar surface area (TPSA) is 55.5 Å². The van der Waals surface area contributed by atoms with E-state index in [2.05, 4.69) is 4.74 Å². The highest BCUT2D eigenvalue weighted by molar-refractivity contribution is 5.85. The summed E-state index contributed by atoms with van der Waals surface area (Å²) in [7, 11) is 0.949. The zero-order valence-corrected chi connectivity index (χ0v) is 12.1. The number of rotatable bonds is 4. The molecule has 1 aromatic carbocycles. The molecule has 0 bridgehead atoms. The summed E-state index contributed by atoms with van der Waals surface area (Å²) >= 11 is 0. The van der Waals surface area contributed by atoms with Crippen LogP contribution in [0.4, 0.5) is 26.3 Å². The molecule has 10 heteroatoms. The first-order valence-corrected chi connectivity index (χ1v) is 5.75. The van der Waals surface area contributed by atoms with Gasteiger partial charge in [-0.3, -0.25) is 0 Å². The van der Waals surface area contributed by atoms with Gasteiger partial charge in [-0.1, -0.05) is 0 Å². The summed E-state index contributed by atoms with van der Waals surface area (Å²) in [4.78, 5) is 0. The van der Waals surface area contributed by atoms with Gasteiger partial charge in [-0.2, -0.15) is 26.3 Å². The van der Waals surface area contributed by atoms with Gasteiger partial charge >= 0.3 is 12.4 Å². The van der Waals surface area contributed by atoms with Gasteiger partial charge in [0.2, 0.25) is 0 Å². The molecule has 1 rings (SSSR count). The Balaban J connectivity index is 0.00000441. The zero-order valence-electron chi connectivity index (χ0n) is 11.3. The molecular formula is C12H14ClF6NO2. The number of benzene rings is 1. The predicted octanol–water partition coefficient (Wildman–Crippen LogP) is 3.54. The highest BCUT2D eigenvalue weighted by atomic mass is 35.5. The highest BCUT2D eigenvalue weighted by Crippen LogP contribution is 2.43. The lowest BCUT2D eigenvalue weighted by Crippen LogP contribution is -2.21. The van der Waals surface area contributed by atoms with Crippen molar-refractivity contribution in [2.24, 2.45) is 5.73 Å². The first-order chi connectivity index (χ1) is 9.52. The number of alkyl halides is 6. The van der Waals surface area contributed by atoms with Crippen molar-refractivity contribution in [2.45, 2.75) is 24.8 Å². The molecule has 0 fully saturated rings. The van der Waals surface area contributed by atoms with Gasteiger partial charge in [-0.15, -0.1) is 12.4 Å². The Morgan fingerprint density at radius 1 is 1.14 bits per heavy atom. The van der Waals surface area contributed by atoms with Gasteiger partial charge in [-0.05, 0) is 18.6 Å². The van der Waals surface area contributed by atoms with Crippen LogP contribution in [0.1, 0.15) is 29.2 Å². The molecule has 3 nitrogen and oxygen atoms in total. The van der Waals surface area contributed by atoms with E-state index in [0.717, 1.165) is 7.11 Å². The van der Waals surface area contributed by atoms with E-state index in [1.807, 2.05) is 0 Å². The van der Waals surface area contributed by atoms with Crippen LogP contribution in [0.15, 0.2) is 12.1 Å². The van der Waals surface area contributed by atoms with Crippen molar-refractivity contribution < 1.29 is 36.2 Å². The fraction of sp³-hybridized carbons (Fsp3) is 0.500. The fourth-order valence-corrected chi connectivity index (χ4v) is 1.86. The molecule has 0 aliphatic rings. The number of ether oxygens (including phenoxy) is 1. The normalized spacial score (nSPS) is 13.5. The summed E-state index contributed by atoms with van der Waals surface area (Å²) in [6, 6.07) is -0.847. The average molecular weight is 354 g/mol. The number of hydrogen-bond acceptors (Lipinski definition) is 3. The Hall–Kier alpha value is -1.19. The molecule has 0 aliphatic heterocycles. The van der Waals surface area contributed by atoms with Gasteiger partial charge in [0.1, 0.15) is 5.75 Å². The van der Waals surface area contributed by atoms with Gasteiger partial charge in [-0.25, -0.2) is 0 Å². The second-order valence-corrected chi connectivity index (χ2v) is 4.25. The average Bonchev–Trinajstić information content (AvgIpc) is 2.35. The standard InChI is InChI=1S/C12H13F6NO2.ClH/c1-21-9-5-6(11(13,14)15)4-7(12(16,17)18)10(9)8(19)2-3-20;/h4-5,8,20H,2-3,19H2,1H3;1H/t8-;/m0./s1. The van der Waals surface area contributed by atoms with Gasteiger partial charge in [0.25, 0.3) is 0 Å². The Labute approximate surface area is 128 Å². The fourth-order valence-electron chi connectivity index (χ4n) is 1.86. The van der Waals surface area contributed by atoms with Crippen molar-refractivity contribution in [1.82, 2.24) is 0 Å². The smallest absolute Gasteiger partial charge is 0.416 e. The minimum Gasteiger partial charge on any atom is -0.496 e. The van der Waals surface area contributed by atoms with Gasteiger partial charge in [0, 0.05) is 18.2 Å². The maximum Gasteiger partial charge on any atom is 0.416 e. The molecule has 3 N–H and O–H groups in total. The Morgan fingerprint density at radius 3 is 2.05 bits per heavy atom. The Morgan fingerprint density at radius 2 is 1.68 bits per heavy atom. The largest absolute Gasteiger partial charge is 0.496 e. The summed E-state index contributed by atoms with van der Waals surface area (Å²) in [6.07, 6.45) is -10.2. The third kappa shape index (κ3) is 4.65. The van der Waals surface area contributed by atoms with E-state index in [1.165, 1.54) is 0 Å². The van der Waals surface area contributed by atoms with E-state index >= 15 is 0 Å². The lowest BCUT2D eigenvalue weighted by molar-refractivity contribution is -0.143. The van der Waals surface area contributed by atoms with Crippen LogP contribution >= 0.6 is 12.4 Å². The third-order valence-electron chi connectivity index (χ3n) is 2.81. The summed E-state index contributed by atoms with van der Waals surface area (Å²) < 4.78 is 81.6. The maximum atomic E-state index is 13.0. The molecule has 0 aromatic heterocycles. The number of aliphatic hydroxyl groups is 1. The van der Waals surface area contributed by atoms with E-state index in [0.29, 0.717) is 6.07 Å². The number of methoxy groups -OCH3 is 1. The Bertz CT molecular complexity index is 504. The molecule has 0 saturated heterocycles. The van der Waals surface area contributed by atoms with Gasteiger partial charge in [0.15, 0.2) is 0 Å². The lowest BCUT2D eigenvalue weighted by atomic mass is 9.94. The van der Waals surface area contributed by atoms with Crippen LogP contribution in [0.3, 0.4) is 0 Å². The molecule has 128 valence electrons. The van der Waals surface area contributed by atoms with Crippen molar-refractivity contribution in [1.29, 1.82) is 0 Å². The second-order valence-electron chi connectivity index (χ2n) is 4.25. The van der Waals surface area contributed by atoms with Crippen molar-refractivity contribution >= 4 is 12.4 Å². The summed E-state index contributed by atoms with van der Waals surface area (Å²) in [5.74, 6) is -0.613. The minimum atomic E-state index is -5.03. The van der Waals surface area contributed by atoms with E-state index < -0.39 is 47.4 Å². The quantitative estimate of drug-likeness (QED) is 0.814. The van der Waals surface area contributed by atoms with E-state index in [1.54, 1.807) is 0 Å². The van der Waals surface area contributed by atoms with Crippen LogP contribution in [-0.4, -0.2) is 18.8 Å².